The van der Waals surface area contributed by atoms with E-state index in [0.717, 1.165) is 22.8 Å². The number of non-ortho nitro benzene ring substituents is 1. The summed E-state index contributed by atoms with van der Waals surface area (Å²) in [6.45, 7) is 2.21. The van der Waals surface area contributed by atoms with Gasteiger partial charge in [0.25, 0.3) is 5.69 Å². The van der Waals surface area contributed by atoms with E-state index >= 15 is 0 Å². The number of carboxylic acids is 1. The molecule has 9 heteroatoms. The monoisotopic (exact) mass is 501 g/mol. The number of fused-ring (bicyclic) bond motifs is 2. The molecule has 4 atom stereocenters. The number of nitrogens with one attached hydrogen (secondary N) is 1. The first kappa shape index (κ1) is 24.6. The minimum Gasteiger partial charge on any atom is -0.480 e. The molecule has 2 amide bonds. The van der Waals surface area contributed by atoms with Gasteiger partial charge in [0.1, 0.15) is 5.54 Å². The number of nitrogens with zero attached hydrogens (tertiary/aromatic N) is 2. The van der Waals surface area contributed by atoms with Crippen molar-refractivity contribution in [1.82, 2.24) is 10.2 Å². The molecule has 3 aromatic rings. The fourth-order valence-corrected chi connectivity index (χ4v) is 5.88. The summed E-state index contributed by atoms with van der Waals surface area (Å²) in [6, 6.07) is 18.3. The Balaban J connectivity index is 1.64. The molecular formula is C28H27N3O6. The molecule has 2 aliphatic rings. The fourth-order valence-electron chi connectivity index (χ4n) is 5.88. The molecule has 9 nitrogen and oxygen atoms in total. The van der Waals surface area contributed by atoms with Gasteiger partial charge in [-0.25, -0.2) is 0 Å². The lowest BCUT2D eigenvalue weighted by molar-refractivity contribution is -0.384. The van der Waals surface area contributed by atoms with E-state index in [1.54, 1.807) is 0 Å². The van der Waals surface area contributed by atoms with Crippen molar-refractivity contribution < 1.29 is 24.4 Å². The van der Waals surface area contributed by atoms with Gasteiger partial charge in [0.2, 0.25) is 11.8 Å². The van der Waals surface area contributed by atoms with Gasteiger partial charge in [-0.15, -0.1) is 0 Å². The fraction of sp³-hybridized carbons (Fsp3) is 0.321. The summed E-state index contributed by atoms with van der Waals surface area (Å²) in [4.78, 5) is 52.2. The molecular weight excluding hydrogens is 474 g/mol. The number of benzene rings is 3. The Morgan fingerprint density at radius 1 is 1.05 bits per heavy atom. The maximum Gasteiger partial charge on any atom is 0.325 e. The second-order valence-corrected chi connectivity index (χ2v) is 9.75. The third-order valence-corrected chi connectivity index (χ3v) is 7.65. The summed E-state index contributed by atoms with van der Waals surface area (Å²) in [5.74, 6) is -4.08. The molecule has 0 spiro atoms. The van der Waals surface area contributed by atoms with E-state index in [2.05, 4.69) is 5.32 Å². The zero-order chi connectivity index (χ0) is 26.3. The Labute approximate surface area is 213 Å². The molecule has 2 saturated heterocycles. The van der Waals surface area contributed by atoms with E-state index in [4.69, 9.17) is 0 Å². The van der Waals surface area contributed by atoms with Gasteiger partial charge >= 0.3 is 5.97 Å². The Morgan fingerprint density at radius 3 is 2.43 bits per heavy atom. The van der Waals surface area contributed by atoms with E-state index in [-0.39, 0.29) is 24.6 Å². The SMILES string of the molecule is CCCCN1C(=O)C2C(c3cccc4ccccc34)NC(Cc3ccc([N+](=O)[O-])cc3)(C(=O)O)C2C1=O. The first-order valence-electron chi connectivity index (χ1n) is 12.4. The van der Waals surface area contributed by atoms with E-state index < -0.39 is 40.2 Å². The average Bonchev–Trinajstić information content (AvgIpc) is 3.36. The Morgan fingerprint density at radius 2 is 1.76 bits per heavy atom. The number of hydrogen-bond donors (Lipinski definition) is 2. The van der Waals surface area contributed by atoms with Crippen LogP contribution in [0.15, 0.2) is 66.7 Å². The number of carboxylic acid groups (broad SMARTS) is 1. The van der Waals surface area contributed by atoms with Crippen LogP contribution in [0.2, 0.25) is 0 Å². The molecule has 37 heavy (non-hydrogen) atoms. The Kier molecular flexibility index (Phi) is 6.25. The highest BCUT2D eigenvalue weighted by Gasteiger charge is 2.68. The van der Waals surface area contributed by atoms with E-state index in [9.17, 15) is 29.6 Å². The van der Waals surface area contributed by atoms with Gasteiger partial charge in [-0.1, -0.05) is 67.9 Å². The van der Waals surface area contributed by atoms with Crippen LogP contribution in [0, 0.1) is 22.0 Å². The predicted molar refractivity (Wildman–Crippen MR) is 136 cm³/mol. The number of unbranched alkanes of at least 4 members (excludes halogenated alkanes) is 1. The minimum absolute atomic E-state index is 0.108. The van der Waals surface area contributed by atoms with Crippen LogP contribution in [0.5, 0.6) is 0 Å². The highest BCUT2D eigenvalue weighted by molar-refractivity contribution is 6.09. The van der Waals surface area contributed by atoms with E-state index in [1.807, 2.05) is 49.4 Å². The number of likely N-dealkylation sites (tertiary alicyclic amines) is 1. The number of rotatable bonds is 8. The van der Waals surface area contributed by atoms with Crippen molar-refractivity contribution in [3.05, 3.63) is 88.0 Å². The lowest BCUT2D eigenvalue weighted by Gasteiger charge is -2.31. The maximum absolute atomic E-state index is 13.7. The quantitative estimate of drug-likeness (QED) is 0.272. The number of hydrogen-bond acceptors (Lipinski definition) is 6. The molecule has 3 aromatic carbocycles. The van der Waals surface area contributed by atoms with Crippen LogP contribution in [0.4, 0.5) is 5.69 Å². The predicted octanol–water partition coefficient (Wildman–Crippen LogP) is 3.86. The molecule has 0 aliphatic carbocycles. The van der Waals surface area contributed by atoms with Crippen molar-refractivity contribution in [2.45, 2.75) is 37.8 Å². The van der Waals surface area contributed by atoms with Crippen molar-refractivity contribution in [2.75, 3.05) is 6.54 Å². The minimum atomic E-state index is -1.77. The van der Waals surface area contributed by atoms with Crippen LogP contribution < -0.4 is 5.32 Å². The summed E-state index contributed by atoms with van der Waals surface area (Å²) in [6.07, 6.45) is 1.30. The summed E-state index contributed by atoms with van der Waals surface area (Å²) in [5.41, 5.74) is -0.601. The van der Waals surface area contributed by atoms with Crippen LogP contribution in [-0.4, -0.2) is 44.8 Å². The third kappa shape index (κ3) is 3.95. The van der Waals surface area contributed by atoms with E-state index in [0.29, 0.717) is 12.0 Å². The smallest absolute Gasteiger partial charge is 0.325 e. The maximum atomic E-state index is 13.7. The van der Waals surface area contributed by atoms with Crippen molar-refractivity contribution >= 4 is 34.2 Å². The van der Waals surface area contributed by atoms with Gasteiger partial charge in [-0.3, -0.25) is 34.7 Å². The first-order valence-corrected chi connectivity index (χ1v) is 12.4. The number of imide groups is 1. The third-order valence-electron chi connectivity index (χ3n) is 7.65. The molecule has 2 fully saturated rings. The van der Waals surface area contributed by atoms with Crippen LogP contribution >= 0.6 is 0 Å². The molecule has 2 heterocycles. The summed E-state index contributed by atoms with van der Waals surface area (Å²) < 4.78 is 0. The highest BCUT2D eigenvalue weighted by Crippen LogP contribution is 2.51. The Bertz CT molecular complexity index is 1400. The number of carbonyl (C=O) groups excluding carboxylic acids is 2. The second-order valence-electron chi connectivity index (χ2n) is 9.75. The molecule has 5 rings (SSSR count). The molecule has 0 bridgehead atoms. The number of carbonyl (C=O) groups is 3. The topological polar surface area (TPSA) is 130 Å². The molecule has 0 aromatic heterocycles. The number of amides is 2. The zero-order valence-corrected chi connectivity index (χ0v) is 20.3. The van der Waals surface area contributed by atoms with Crippen molar-refractivity contribution in [2.24, 2.45) is 11.8 Å². The number of nitro groups is 1. The van der Waals surface area contributed by atoms with Crippen molar-refractivity contribution in [3.8, 4) is 0 Å². The molecule has 2 N–H and O–H groups in total. The molecule has 4 unspecified atom stereocenters. The lowest BCUT2D eigenvalue weighted by atomic mass is 9.76. The highest BCUT2D eigenvalue weighted by atomic mass is 16.6. The van der Waals surface area contributed by atoms with Crippen LogP contribution in [0.25, 0.3) is 10.8 Å². The van der Waals surface area contributed by atoms with Gasteiger partial charge in [0, 0.05) is 31.1 Å². The van der Waals surface area contributed by atoms with Crippen LogP contribution in [0.3, 0.4) is 0 Å². The number of aliphatic carboxylic acids is 1. The van der Waals surface area contributed by atoms with Crippen LogP contribution in [-0.2, 0) is 20.8 Å². The zero-order valence-electron chi connectivity index (χ0n) is 20.3. The molecule has 0 radical (unpaired) electrons. The first-order chi connectivity index (χ1) is 17.8. The summed E-state index contributed by atoms with van der Waals surface area (Å²) in [5, 5.41) is 26.8. The van der Waals surface area contributed by atoms with E-state index in [1.165, 1.54) is 29.2 Å². The molecule has 0 saturated carbocycles. The largest absolute Gasteiger partial charge is 0.480 e. The normalized spacial score (nSPS) is 25.0. The second kappa shape index (κ2) is 9.40. The number of nitro benzene ring substituents is 1. The van der Waals surface area contributed by atoms with Gasteiger partial charge in [0.15, 0.2) is 0 Å². The average molecular weight is 502 g/mol. The van der Waals surface area contributed by atoms with Crippen LogP contribution in [0.1, 0.15) is 36.9 Å². The standard InChI is InChI=1S/C28H27N3O6/c1-2-3-15-30-25(32)22-23(26(30)33)28(27(34)35,16-17-11-13-19(14-12-17)31(36)37)29-24(22)21-10-6-8-18-7-4-5-9-20(18)21/h4-14,22-24,29H,2-3,15-16H2,1H3,(H,34,35). The molecule has 190 valence electrons. The van der Waals surface area contributed by atoms with Gasteiger partial charge < -0.3 is 5.11 Å². The molecule has 2 aliphatic heterocycles. The lowest BCUT2D eigenvalue weighted by Crippen LogP contribution is -2.57. The van der Waals surface area contributed by atoms with Gasteiger partial charge in [-0.05, 0) is 28.3 Å². The Hall–Kier alpha value is -4.11. The summed E-state index contributed by atoms with van der Waals surface area (Å²) in [7, 11) is 0. The van der Waals surface area contributed by atoms with Gasteiger partial charge in [0.05, 0.1) is 16.8 Å². The van der Waals surface area contributed by atoms with Crippen molar-refractivity contribution in [3.63, 3.8) is 0 Å². The van der Waals surface area contributed by atoms with Crippen molar-refractivity contribution in [1.29, 1.82) is 0 Å². The van der Waals surface area contributed by atoms with Gasteiger partial charge in [-0.2, -0.15) is 0 Å². The summed E-state index contributed by atoms with van der Waals surface area (Å²) >= 11 is 0.